The minimum Gasteiger partial charge on any atom is -0.479 e. The van der Waals surface area contributed by atoms with Crippen molar-refractivity contribution in [2.75, 3.05) is 7.11 Å². The lowest BCUT2D eigenvalue weighted by molar-refractivity contribution is -0.147. The van der Waals surface area contributed by atoms with E-state index in [2.05, 4.69) is 4.74 Å². The summed E-state index contributed by atoms with van der Waals surface area (Å²) in [5, 5.41) is 0. The molecule has 1 aliphatic heterocycles. The van der Waals surface area contributed by atoms with Crippen LogP contribution < -0.4 is 9.47 Å². The molecule has 1 heterocycles. The largest absolute Gasteiger partial charge is 0.479 e. The van der Waals surface area contributed by atoms with Crippen molar-refractivity contribution in [3.8, 4) is 11.5 Å². The molecule has 0 aromatic heterocycles. The minimum absolute atomic E-state index is 0.179. The molecular weight excluding hydrogens is 308 g/mol. The van der Waals surface area contributed by atoms with Gasteiger partial charge in [0.05, 0.1) is 12.7 Å². The van der Waals surface area contributed by atoms with E-state index >= 15 is 0 Å². The number of fused-ring (bicyclic) bond motifs is 1. The van der Waals surface area contributed by atoms with Crippen LogP contribution in [0.5, 0.6) is 11.5 Å². The van der Waals surface area contributed by atoms with Crippen LogP contribution in [0.4, 0.5) is 0 Å². The first-order valence-corrected chi connectivity index (χ1v) is 7.46. The number of Topliss-reactive ketones (excluding diaryl/α,β-unsaturated/α-hetero) is 1. The van der Waals surface area contributed by atoms with Gasteiger partial charge in [-0.2, -0.15) is 0 Å². The van der Waals surface area contributed by atoms with E-state index in [1.165, 1.54) is 7.11 Å². The molecule has 24 heavy (non-hydrogen) atoms. The average molecular weight is 324 g/mol. The quantitative estimate of drug-likeness (QED) is 0.638. The Bertz CT molecular complexity index is 808. The molecule has 0 N–H and O–H groups in total. The predicted octanol–water partition coefficient (Wildman–Crippen LogP) is 3.24. The number of esters is 1. The Hall–Kier alpha value is -3.08. The molecule has 1 atom stereocenters. The van der Waals surface area contributed by atoms with Gasteiger partial charge in [-0.15, -0.1) is 0 Å². The maximum absolute atomic E-state index is 12.4. The molecule has 2 aromatic carbocycles. The van der Waals surface area contributed by atoms with Gasteiger partial charge >= 0.3 is 5.97 Å². The fourth-order valence-electron chi connectivity index (χ4n) is 2.36. The van der Waals surface area contributed by atoms with Gasteiger partial charge in [-0.05, 0) is 30.7 Å². The number of allylic oxidation sites excluding steroid dienone is 1. The van der Waals surface area contributed by atoms with Gasteiger partial charge in [0.25, 0.3) is 0 Å². The number of ether oxygens (including phenoxy) is 3. The van der Waals surface area contributed by atoms with E-state index in [1.807, 2.05) is 30.3 Å². The second-order valence-corrected chi connectivity index (χ2v) is 5.29. The predicted molar refractivity (Wildman–Crippen MR) is 87.9 cm³/mol. The molecule has 0 bridgehead atoms. The van der Waals surface area contributed by atoms with Gasteiger partial charge in [-0.25, -0.2) is 4.79 Å². The van der Waals surface area contributed by atoms with E-state index in [1.54, 1.807) is 31.2 Å². The second kappa shape index (κ2) is 6.58. The Morgan fingerprint density at radius 1 is 1.17 bits per heavy atom. The first-order valence-electron chi connectivity index (χ1n) is 7.46. The summed E-state index contributed by atoms with van der Waals surface area (Å²) in [6.45, 7) is 1.59. The van der Waals surface area contributed by atoms with Crippen LogP contribution in [0.2, 0.25) is 0 Å². The Morgan fingerprint density at radius 2 is 1.92 bits per heavy atom. The number of ketones is 1. The monoisotopic (exact) mass is 324 g/mol. The van der Waals surface area contributed by atoms with E-state index < -0.39 is 12.1 Å². The number of rotatable bonds is 4. The Kier molecular flexibility index (Phi) is 4.33. The average Bonchev–Trinajstić information content (AvgIpc) is 2.90. The maximum Gasteiger partial charge on any atom is 0.346 e. The lowest BCUT2D eigenvalue weighted by Gasteiger charge is -2.12. The highest BCUT2D eigenvalue weighted by atomic mass is 16.6. The zero-order chi connectivity index (χ0) is 17.1. The molecule has 5 heteroatoms. The Morgan fingerprint density at radius 3 is 2.62 bits per heavy atom. The number of carbonyl (C=O) groups excluding carboxylic acids is 2. The number of carbonyl (C=O) groups is 2. The molecule has 0 aliphatic carbocycles. The number of hydrogen-bond acceptors (Lipinski definition) is 5. The normalized spacial score (nSPS) is 15.6. The highest BCUT2D eigenvalue weighted by Gasteiger charge is 2.28. The first-order chi connectivity index (χ1) is 11.6. The van der Waals surface area contributed by atoms with Crippen LogP contribution in [0.15, 0.2) is 54.3 Å². The molecule has 0 saturated heterocycles. The highest BCUT2D eigenvalue weighted by Crippen LogP contribution is 2.35. The molecule has 0 unspecified atom stereocenters. The van der Waals surface area contributed by atoms with E-state index in [-0.39, 0.29) is 11.5 Å². The topological polar surface area (TPSA) is 61.8 Å². The van der Waals surface area contributed by atoms with Gasteiger partial charge in [0.2, 0.25) is 5.78 Å². The van der Waals surface area contributed by atoms with Crippen LogP contribution in [-0.2, 0) is 9.53 Å². The molecule has 0 fully saturated rings. The van der Waals surface area contributed by atoms with Crippen molar-refractivity contribution in [1.29, 1.82) is 0 Å². The number of methoxy groups -OCH3 is 1. The van der Waals surface area contributed by atoms with E-state index in [0.717, 1.165) is 5.56 Å². The summed E-state index contributed by atoms with van der Waals surface area (Å²) in [5.41, 5.74) is 1.35. The lowest BCUT2D eigenvalue weighted by atomic mass is 10.1. The van der Waals surface area contributed by atoms with Crippen molar-refractivity contribution >= 4 is 17.8 Å². The molecular formula is C19H16O5. The SMILES string of the molecule is COC(=O)[C@H](C)Oc1ccc2c(c1)O/C(=C/c1ccccc1)C2=O. The molecule has 2 aromatic rings. The van der Waals surface area contributed by atoms with Crippen LogP contribution in [0.25, 0.3) is 6.08 Å². The van der Waals surface area contributed by atoms with Crippen molar-refractivity contribution in [2.45, 2.75) is 13.0 Å². The van der Waals surface area contributed by atoms with Crippen molar-refractivity contribution in [3.05, 3.63) is 65.4 Å². The lowest BCUT2D eigenvalue weighted by Crippen LogP contribution is -2.24. The van der Waals surface area contributed by atoms with Crippen LogP contribution in [-0.4, -0.2) is 25.0 Å². The Labute approximate surface area is 139 Å². The molecule has 0 amide bonds. The summed E-state index contributed by atoms with van der Waals surface area (Å²) in [6.07, 6.45) is 0.949. The van der Waals surface area contributed by atoms with E-state index in [4.69, 9.17) is 9.47 Å². The zero-order valence-corrected chi connectivity index (χ0v) is 13.3. The third kappa shape index (κ3) is 3.15. The van der Waals surface area contributed by atoms with Crippen LogP contribution >= 0.6 is 0 Å². The van der Waals surface area contributed by atoms with E-state index in [9.17, 15) is 9.59 Å². The van der Waals surface area contributed by atoms with Crippen molar-refractivity contribution < 1.29 is 23.8 Å². The fourth-order valence-corrected chi connectivity index (χ4v) is 2.36. The Balaban J connectivity index is 1.82. The minimum atomic E-state index is -0.746. The zero-order valence-electron chi connectivity index (χ0n) is 13.3. The summed E-state index contributed by atoms with van der Waals surface area (Å²) < 4.78 is 15.8. The van der Waals surface area contributed by atoms with Crippen molar-refractivity contribution in [3.63, 3.8) is 0 Å². The van der Waals surface area contributed by atoms with E-state index in [0.29, 0.717) is 17.1 Å². The van der Waals surface area contributed by atoms with Gasteiger partial charge in [0, 0.05) is 6.07 Å². The highest BCUT2D eigenvalue weighted by molar-refractivity contribution is 6.14. The summed E-state index contributed by atoms with van der Waals surface area (Å²) >= 11 is 0. The maximum atomic E-state index is 12.4. The molecule has 5 nitrogen and oxygen atoms in total. The third-order valence-electron chi connectivity index (χ3n) is 3.58. The summed E-state index contributed by atoms with van der Waals surface area (Å²) in [5.74, 6) is 0.449. The van der Waals surface area contributed by atoms with Gasteiger partial charge in [-0.3, -0.25) is 4.79 Å². The van der Waals surface area contributed by atoms with Crippen LogP contribution in [0.1, 0.15) is 22.8 Å². The summed E-state index contributed by atoms with van der Waals surface area (Å²) in [6, 6.07) is 14.3. The molecule has 122 valence electrons. The van der Waals surface area contributed by atoms with Crippen molar-refractivity contribution in [1.82, 2.24) is 0 Å². The molecule has 0 spiro atoms. The fraction of sp³-hybridized carbons (Fsp3) is 0.158. The standard InChI is InChI=1S/C19H16O5/c1-12(19(21)22-2)23-14-8-9-15-16(11-14)24-17(18(15)20)10-13-6-4-3-5-7-13/h3-12H,1-2H3/b17-10+/t12-/m0/s1. The number of hydrogen-bond donors (Lipinski definition) is 0. The summed E-state index contributed by atoms with van der Waals surface area (Å²) in [4.78, 5) is 23.8. The van der Waals surface area contributed by atoms with Crippen molar-refractivity contribution in [2.24, 2.45) is 0 Å². The van der Waals surface area contributed by atoms with Gasteiger partial charge < -0.3 is 14.2 Å². The first kappa shape index (κ1) is 15.8. The van der Waals surface area contributed by atoms with Crippen LogP contribution in [0.3, 0.4) is 0 Å². The van der Waals surface area contributed by atoms with Gasteiger partial charge in [0.1, 0.15) is 11.5 Å². The molecule has 3 rings (SSSR count). The molecule has 0 radical (unpaired) electrons. The molecule has 0 saturated carbocycles. The molecule has 1 aliphatic rings. The van der Waals surface area contributed by atoms with Gasteiger partial charge in [0.15, 0.2) is 11.9 Å². The number of benzene rings is 2. The summed E-state index contributed by atoms with van der Waals surface area (Å²) in [7, 11) is 1.30. The van der Waals surface area contributed by atoms with Gasteiger partial charge in [-0.1, -0.05) is 30.3 Å². The second-order valence-electron chi connectivity index (χ2n) is 5.29. The third-order valence-corrected chi connectivity index (χ3v) is 3.58. The smallest absolute Gasteiger partial charge is 0.346 e. The van der Waals surface area contributed by atoms with Crippen LogP contribution in [0, 0.1) is 0 Å².